The molecule has 0 saturated carbocycles. The first-order chi connectivity index (χ1) is 12.3. The van der Waals surface area contributed by atoms with Gasteiger partial charge in [0, 0.05) is 22.9 Å². The van der Waals surface area contributed by atoms with Crippen molar-refractivity contribution in [1.82, 2.24) is 9.78 Å². The van der Waals surface area contributed by atoms with Crippen molar-refractivity contribution >= 4 is 33.2 Å². The second kappa shape index (κ2) is 7.31. The van der Waals surface area contributed by atoms with Crippen LogP contribution in [0.2, 0.25) is 5.02 Å². The monoisotopic (exact) mass is 389 g/mol. The van der Waals surface area contributed by atoms with Crippen LogP contribution in [0.3, 0.4) is 0 Å². The molecule has 2 aromatic carbocycles. The van der Waals surface area contributed by atoms with Crippen molar-refractivity contribution in [3.8, 4) is 0 Å². The summed E-state index contributed by atoms with van der Waals surface area (Å²) < 4.78 is 24.9. The van der Waals surface area contributed by atoms with Gasteiger partial charge in [-0.2, -0.15) is 5.10 Å². The highest BCUT2D eigenvalue weighted by Crippen LogP contribution is 2.16. The van der Waals surface area contributed by atoms with E-state index < -0.39 is 15.7 Å². The first-order valence-electron chi connectivity index (χ1n) is 7.71. The molecule has 1 N–H and O–H groups in total. The Morgan fingerprint density at radius 3 is 2.58 bits per heavy atom. The van der Waals surface area contributed by atoms with Crippen LogP contribution < -0.4 is 5.32 Å². The Balaban J connectivity index is 1.79. The lowest BCUT2D eigenvalue weighted by Crippen LogP contribution is -2.16. The van der Waals surface area contributed by atoms with Gasteiger partial charge in [-0.3, -0.25) is 4.79 Å². The number of nitrogens with zero attached hydrogens (tertiary/aromatic N) is 2. The molecule has 0 aliphatic rings. The van der Waals surface area contributed by atoms with Crippen molar-refractivity contribution in [1.29, 1.82) is 0 Å². The zero-order valence-corrected chi connectivity index (χ0v) is 15.5. The lowest BCUT2D eigenvalue weighted by Gasteiger charge is -2.10. The third kappa shape index (κ3) is 4.30. The van der Waals surface area contributed by atoms with E-state index in [1.54, 1.807) is 35.1 Å². The molecule has 3 rings (SSSR count). The van der Waals surface area contributed by atoms with Crippen LogP contribution in [0.25, 0.3) is 0 Å². The lowest BCUT2D eigenvalue weighted by molar-refractivity contribution is 0.102. The fourth-order valence-corrected chi connectivity index (χ4v) is 3.18. The predicted molar refractivity (Wildman–Crippen MR) is 100 cm³/mol. The Morgan fingerprint density at radius 2 is 1.88 bits per heavy atom. The number of amides is 1. The molecule has 1 aromatic heterocycles. The average molecular weight is 390 g/mol. The van der Waals surface area contributed by atoms with Gasteiger partial charge in [0.05, 0.1) is 17.6 Å². The van der Waals surface area contributed by atoms with Crippen molar-refractivity contribution in [2.24, 2.45) is 0 Å². The molecule has 0 atom stereocenters. The largest absolute Gasteiger partial charge is 0.307 e. The molecule has 0 saturated heterocycles. The molecular weight excluding hydrogens is 374 g/mol. The highest BCUT2D eigenvalue weighted by atomic mass is 35.5. The maximum atomic E-state index is 12.5. The zero-order chi connectivity index (χ0) is 18.7. The summed E-state index contributed by atoms with van der Waals surface area (Å²) in [6, 6.07) is 14.9. The Labute approximate surface area is 156 Å². The average Bonchev–Trinajstić information content (AvgIpc) is 3.03. The van der Waals surface area contributed by atoms with Crippen LogP contribution in [-0.2, 0) is 16.4 Å². The van der Waals surface area contributed by atoms with Crippen molar-refractivity contribution in [2.45, 2.75) is 11.4 Å². The molecular formula is C18H16ClN3O3S. The van der Waals surface area contributed by atoms with E-state index in [-0.39, 0.29) is 10.5 Å². The molecule has 1 amide bonds. The quantitative estimate of drug-likeness (QED) is 0.726. The van der Waals surface area contributed by atoms with E-state index in [9.17, 15) is 13.2 Å². The maximum Gasteiger partial charge on any atom is 0.256 e. The topological polar surface area (TPSA) is 81.1 Å². The van der Waals surface area contributed by atoms with E-state index in [2.05, 4.69) is 10.4 Å². The molecule has 0 radical (unpaired) electrons. The second-order valence-corrected chi connectivity index (χ2v) is 8.21. The molecule has 0 spiro atoms. The third-order valence-electron chi connectivity index (χ3n) is 3.73. The number of halogens is 1. The number of rotatable bonds is 5. The van der Waals surface area contributed by atoms with Crippen LogP contribution in [0.4, 0.5) is 5.82 Å². The smallest absolute Gasteiger partial charge is 0.256 e. The highest BCUT2D eigenvalue weighted by Gasteiger charge is 2.13. The molecule has 1 heterocycles. The second-order valence-electron chi connectivity index (χ2n) is 5.75. The van der Waals surface area contributed by atoms with Crippen LogP contribution in [0, 0.1) is 0 Å². The molecule has 134 valence electrons. The maximum absolute atomic E-state index is 12.5. The van der Waals surface area contributed by atoms with Gasteiger partial charge in [-0.25, -0.2) is 13.1 Å². The van der Waals surface area contributed by atoms with Gasteiger partial charge in [-0.1, -0.05) is 29.8 Å². The first kappa shape index (κ1) is 18.2. The number of hydrogen-bond donors (Lipinski definition) is 1. The van der Waals surface area contributed by atoms with Gasteiger partial charge in [0.2, 0.25) is 0 Å². The fraction of sp³-hybridized carbons (Fsp3) is 0.111. The Kier molecular flexibility index (Phi) is 5.11. The van der Waals surface area contributed by atoms with Gasteiger partial charge in [-0.15, -0.1) is 0 Å². The SMILES string of the molecule is CS(=O)(=O)c1cccc(C(=O)Nc2ccnn2Cc2ccc(Cl)cc2)c1. The van der Waals surface area contributed by atoms with Crippen molar-refractivity contribution < 1.29 is 13.2 Å². The molecule has 8 heteroatoms. The van der Waals surface area contributed by atoms with Gasteiger partial charge < -0.3 is 5.32 Å². The highest BCUT2D eigenvalue weighted by molar-refractivity contribution is 7.90. The Hall–Kier alpha value is -2.64. The molecule has 3 aromatic rings. The van der Waals surface area contributed by atoms with Gasteiger partial charge >= 0.3 is 0 Å². The summed E-state index contributed by atoms with van der Waals surface area (Å²) in [5.41, 5.74) is 1.24. The Bertz CT molecular complexity index is 1040. The van der Waals surface area contributed by atoms with Crippen LogP contribution in [0.1, 0.15) is 15.9 Å². The van der Waals surface area contributed by atoms with Crippen molar-refractivity contribution in [2.75, 3.05) is 11.6 Å². The molecule has 0 fully saturated rings. The molecule has 0 unspecified atom stereocenters. The Morgan fingerprint density at radius 1 is 1.15 bits per heavy atom. The number of aromatic nitrogens is 2. The lowest BCUT2D eigenvalue weighted by atomic mass is 10.2. The third-order valence-corrected chi connectivity index (χ3v) is 5.09. The van der Waals surface area contributed by atoms with Crippen LogP contribution in [0.15, 0.2) is 65.7 Å². The normalized spacial score (nSPS) is 11.3. The molecule has 0 bridgehead atoms. The summed E-state index contributed by atoms with van der Waals surface area (Å²) in [5, 5.41) is 7.62. The standard InChI is InChI=1S/C18H16ClN3O3S/c1-26(24,25)16-4-2-3-14(11-16)18(23)21-17-9-10-20-22(17)12-13-5-7-15(19)8-6-13/h2-11H,12H2,1H3,(H,21,23). The predicted octanol–water partition coefficient (Wildman–Crippen LogP) is 3.24. The molecule has 6 nitrogen and oxygen atoms in total. The first-order valence-corrected chi connectivity index (χ1v) is 9.97. The minimum Gasteiger partial charge on any atom is -0.307 e. The summed E-state index contributed by atoms with van der Waals surface area (Å²) in [7, 11) is -3.38. The number of carbonyl (C=O) groups is 1. The molecule has 0 aliphatic carbocycles. The van der Waals surface area contributed by atoms with E-state index in [1.165, 1.54) is 18.2 Å². The van der Waals surface area contributed by atoms with Crippen molar-refractivity contribution in [3.63, 3.8) is 0 Å². The summed E-state index contributed by atoms with van der Waals surface area (Å²) in [4.78, 5) is 12.6. The van der Waals surface area contributed by atoms with Crippen LogP contribution in [-0.4, -0.2) is 30.4 Å². The van der Waals surface area contributed by atoms with E-state index in [4.69, 9.17) is 11.6 Å². The van der Waals surface area contributed by atoms with Crippen LogP contribution >= 0.6 is 11.6 Å². The van der Waals surface area contributed by atoms with E-state index in [0.29, 0.717) is 17.4 Å². The zero-order valence-electron chi connectivity index (χ0n) is 13.9. The fourth-order valence-electron chi connectivity index (χ4n) is 2.38. The summed E-state index contributed by atoms with van der Waals surface area (Å²) in [6.45, 7) is 0.461. The van der Waals surface area contributed by atoms with Crippen molar-refractivity contribution in [3.05, 3.63) is 76.9 Å². The number of sulfone groups is 1. The minimum atomic E-state index is -3.38. The molecule has 0 aliphatic heterocycles. The number of benzene rings is 2. The summed E-state index contributed by atoms with van der Waals surface area (Å²) in [6.07, 6.45) is 2.68. The summed E-state index contributed by atoms with van der Waals surface area (Å²) >= 11 is 5.88. The van der Waals surface area contributed by atoms with Gasteiger partial charge in [0.1, 0.15) is 5.82 Å². The number of anilines is 1. The summed E-state index contributed by atoms with van der Waals surface area (Å²) in [5.74, 6) is 0.100. The molecule has 26 heavy (non-hydrogen) atoms. The van der Waals surface area contributed by atoms with Crippen LogP contribution in [0.5, 0.6) is 0 Å². The van der Waals surface area contributed by atoms with Gasteiger partial charge in [0.15, 0.2) is 9.84 Å². The van der Waals surface area contributed by atoms with Gasteiger partial charge in [0.25, 0.3) is 5.91 Å². The number of nitrogens with one attached hydrogen (secondary N) is 1. The van der Waals surface area contributed by atoms with E-state index in [1.807, 2.05) is 12.1 Å². The van der Waals surface area contributed by atoms with E-state index >= 15 is 0 Å². The number of carbonyl (C=O) groups excluding carboxylic acids is 1. The number of hydrogen-bond acceptors (Lipinski definition) is 4. The van der Waals surface area contributed by atoms with E-state index in [0.717, 1.165) is 11.8 Å². The van der Waals surface area contributed by atoms with Gasteiger partial charge in [-0.05, 0) is 35.9 Å². The minimum absolute atomic E-state index is 0.0971.